The Balaban J connectivity index is 2.42. The van der Waals surface area contributed by atoms with E-state index in [1.807, 2.05) is 0 Å². The maximum atomic E-state index is 10.9. The minimum Gasteiger partial charge on any atom is -0.258 e. The lowest BCUT2D eigenvalue weighted by molar-refractivity contribution is -0.396. The third-order valence-electron chi connectivity index (χ3n) is 1.97. The quantitative estimate of drug-likeness (QED) is 0.523. The van der Waals surface area contributed by atoms with Crippen LogP contribution in [0.3, 0.4) is 0 Å². The van der Waals surface area contributed by atoms with Crippen molar-refractivity contribution in [3.63, 3.8) is 0 Å². The number of nitro benzene ring substituents is 2. The molecule has 0 bridgehead atoms. The molecule has 98 valence electrons. The number of nitrogens with zero attached hydrogens (tertiary/aromatic N) is 3. The van der Waals surface area contributed by atoms with Gasteiger partial charge in [0.2, 0.25) is 0 Å². The highest BCUT2D eigenvalue weighted by Crippen LogP contribution is 2.37. The van der Waals surface area contributed by atoms with Gasteiger partial charge in [-0.25, -0.2) is 0 Å². The number of non-ortho nitro benzene ring substituents is 1. The van der Waals surface area contributed by atoms with Crippen LogP contribution in [0.1, 0.15) is 0 Å². The van der Waals surface area contributed by atoms with E-state index in [0.29, 0.717) is 8.29 Å². The Bertz CT molecular complexity index is 710. The lowest BCUT2D eigenvalue weighted by Crippen LogP contribution is -1.94. The molecule has 0 saturated carbocycles. The van der Waals surface area contributed by atoms with Crippen molar-refractivity contribution in [1.29, 1.82) is 0 Å². The van der Waals surface area contributed by atoms with Gasteiger partial charge in [0, 0.05) is 6.07 Å². The van der Waals surface area contributed by atoms with E-state index in [1.54, 1.807) is 0 Å². The summed E-state index contributed by atoms with van der Waals surface area (Å²) in [7, 11) is 0. The van der Waals surface area contributed by atoms with E-state index >= 15 is 0 Å². The predicted octanol–water partition coefficient (Wildman–Crippen LogP) is 3.17. The number of aromatic amines is 1. The van der Waals surface area contributed by atoms with Gasteiger partial charge in [0.15, 0.2) is 8.29 Å². The van der Waals surface area contributed by atoms with Gasteiger partial charge in [-0.2, -0.15) is 5.10 Å². The van der Waals surface area contributed by atoms with Crippen LogP contribution in [-0.4, -0.2) is 20.0 Å². The van der Waals surface area contributed by atoms with Crippen LogP contribution in [0.15, 0.2) is 27.4 Å². The smallest absolute Gasteiger partial charge is 0.258 e. The van der Waals surface area contributed by atoms with E-state index in [4.69, 9.17) is 12.2 Å². The fraction of sp³-hybridized carbons (Fsp3) is 0. The molecule has 2 aromatic rings. The van der Waals surface area contributed by atoms with Gasteiger partial charge in [0.05, 0.1) is 20.8 Å². The molecule has 2 rings (SSSR count). The van der Waals surface area contributed by atoms with Gasteiger partial charge in [-0.1, -0.05) is 23.1 Å². The first kappa shape index (κ1) is 13.6. The fourth-order valence-corrected chi connectivity index (χ4v) is 3.32. The first-order valence-electron chi connectivity index (χ1n) is 4.63. The van der Waals surface area contributed by atoms with Gasteiger partial charge >= 0.3 is 0 Å². The van der Waals surface area contributed by atoms with E-state index < -0.39 is 9.85 Å². The summed E-state index contributed by atoms with van der Waals surface area (Å²) in [5.41, 5.74) is -0.661. The molecular weight excluding hydrogens is 312 g/mol. The zero-order valence-corrected chi connectivity index (χ0v) is 11.4. The summed E-state index contributed by atoms with van der Waals surface area (Å²) in [6, 6.07) is 3.46. The summed E-state index contributed by atoms with van der Waals surface area (Å²) in [6.07, 6.45) is 0. The van der Waals surface area contributed by atoms with Crippen LogP contribution in [0.2, 0.25) is 0 Å². The molecule has 0 aliphatic heterocycles. The van der Waals surface area contributed by atoms with Crippen LogP contribution < -0.4 is 0 Å². The third-order valence-corrected chi connectivity index (χ3v) is 4.18. The van der Waals surface area contributed by atoms with Gasteiger partial charge in [-0.3, -0.25) is 25.3 Å². The number of hydrogen-bond acceptors (Lipinski definition) is 8. The van der Waals surface area contributed by atoms with Crippen molar-refractivity contribution in [2.45, 2.75) is 9.24 Å². The summed E-state index contributed by atoms with van der Waals surface area (Å²) in [4.78, 5) is 20.4. The second kappa shape index (κ2) is 5.42. The highest BCUT2D eigenvalue weighted by atomic mass is 32.2. The molecule has 0 amide bonds. The maximum Gasteiger partial charge on any atom is 0.290 e. The summed E-state index contributed by atoms with van der Waals surface area (Å²) in [5, 5.41) is 27.9. The van der Waals surface area contributed by atoms with Crippen molar-refractivity contribution in [3.05, 3.63) is 42.4 Å². The third kappa shape index (κ3) is 3.13. The summed E-state index contributed by atoms with van der Waals surface area (Å²) in [6.45, 7) is 0. The average Bonchev–Trinajstić information content (AvgIpc) is 2.74. The van der Waals surface area contributed by atoms with Crippen molar-refractivity contribution >= 4 is 46.7 Å². The van der Waals surface area contributed by atoms with Crippen LogP contribution in [0.5, 0.6) is 0 Å². The second-order valence-corrected chi connectivity index (χ2v) is 6.10. The van der Waals surface area contributed by atoms with Crippen LogP contribution in [0.4, 0.5) is 11.4 Å². The van der Waals surface area contributed by atoms with Crippen molar-refractivity contribution < 1.29 is 9.85 Å². The van der Waals surface area contributed by atoms with E-state index in [2.05, 4.69) is 10.2 Å². The Labute approximate surface area is 118 Å². The van der Waals surface area contributed by atoms with Gasteiger partial charge < -0.3 is 0 Å². The largest absolute Gasteiger partial charge is 0.290 e. The number of hydrogen-bond donors (Lipinski definition) is 1. The number of nitrogens with one attached hydrogen (secondary N) is 1. The molecule has 1 N–H and O–H groups in total. The first-order chi connectivity index (χ1) is 8.97. The van der Waals surface area contributed by atoms with E-state index in [-0.39, 0.29) is 16.3 Å². The Kier molecular flexibility index (Phi) is 3.87. The predicted molar refractivity (Wildman–Crippen MR) is 71.2 cm³/mol. The molecule has 1 aromatic heterocycles. The summed E-state index contributed by atoms with van der Waals surface area (Å²) in [5.74, 6) is 0. The number of benzene rings is 1. The van der Waals surface area contributed by atoms with E-state index in [0.717, 1.165) is 17.8 Å². The lowest BCUT2D eigenvalue weighted by Gasteiger charge is -1.99. The first-order valence-corrected chi connectivity index (χ1v) is 6.67. The molecular formula is C8H4N4O4S3. The molecule has 0 aliphatic rings. The molecule has 0 unspecified atom stereocenters. The number of nitro groups is 2. The van der Waals surface area contributed by atoms with E-state index in [9.17, 15) is 20.2 Å². The molecule has 0 spiro atoms. The topological polar surface area (TPSA) is 115 Å². The van der Waals surface area contributed by atoms with Gasteiger partial charge in [-0.05, 0) is 18.3 Å². The van der Waals surface area contributed by atoms with Gasteiger partial charge in [-0.15, -0.1) is 0 Å². The molecule has 19 heavy (non-hydrogen) atoms. The molecule has 1 heterocycles. The second-order valence-electron chi connectivity index (χ2n) is 3.15. The molecule has 0 aliphatic carbocycles. The molecule has 0 saturated heterocycles. The van der Waals surface area contributed by atoms with Gasteiger partial charge in [0.1, 0.15) is 0 Å². The molecule has 1 aromatic carbocycles. The number of rotatable bonds is 4. The zero-order chi connectivity index (χ0) is 14.0. The highest BCUT2D eigenvalue weighted by molar-refractivity contribution is 8.01. The molecule has 0 radical (unpaired) electrons. The standard InChI is InChI=1S/C8H4N4O4S3/c13-11(14)4-1-2-6(5(3-4)12(15)16)18-8-10-9-7(17)19-8/h1-3H,(H,9,17). The molecule has 0 fully saturated rings. The van der Waals surface area contributed by atoms with E-state index in [1.165, 1.54) is 23.5 Å². The summed E-state index contributed by atoms with van der Waals surface area (Å²) >= 11 is 7.05. The van der Waals surface area contributed by atoms with Crippen molar-refractivity contribution in [1.82, 2.24) is 10.2 Å². The minimum atomic E-state index is -0.681. The number of aromatic nitrogens is 2. The SMILES string of the molecule is O=[N+]([O-])c1ccc(Sc2n[nH]c(=S)s2)c([N+](=O)[O-])c1. The highest BCUT2D eigenvalue weighted by Gasteiger charge is 2.20. The Hall–Kier alpha value is -1.85. The molecule has 11 heteroatoms. The Morgan fingerprint density at radius 2 is 2.05 bits per heavy atom. The van der Waals surface area contributed by atoms with Crippen molar-refractivity contribution in [3.8, 4) is 0 Å². The normalized spacial score (nSPS) is 10.3. The van der Waals surface area contributed by atoms with Crippen molar-refractivity contribution in [2.24, 2.45) is 0 Å². The van der Waals surface area contributed by atoms with Crippen LogP contribution in [-0.2, 0) is 0 Å². The average molecular weight is 316 g/mol. The number of H-pyrrole nitrogens is 1. The van der Waals surface area contributed by atoms with Crippen LogP contribution >= 0.6 is 35.3 Å². The molecule has 0 atom stereocenters. The zero-order valence-electron chi connectivity index (χ0n) is 8.93. The fourth-order valence-electron chi connectivity index (χ4n) is 1.20. The molecule has 8 nitrogen and oxygen atoms in total. The van der Waals surface area contributed by atoms with Crippen LogP contribution in [0.25, 0.3) is 0 Å². The monoisotopic (exact) mass is 316 g/mol. The Morgan fingerprint density at radius 1 is 1.32 bits per heavy atom. The minimum absolute atomic E-state index is 0.272. The van der Waals surface area contributed by atoms with Crippen LogP contribution in [0, 0.1) is 24.2 Å². The van der Waals surface area contributed by atoms with Crippen molar-refractivity contribution in [2.75, 3.05) is 0 Å². The lowest BCUT2D eigenvalue weighted by atomic mass is 10.3. The Morgan fingerprint density at radius 3 is 2.58 bits per heavy atom. The summed E-state index contributed by atoms with van der Waals surface area (Å²) < 4.78 is 0.953. The van der Waals surface area contributed by atoms with Gasteiger partial charge in [0.25, 0.3) is 11.4 Å². The maximum absolute atomic E-state index is 10.9.